The number of hydrogen-bond acceptors (Lipinski definition) is 2. The van der Waals surface area contributed by atoms with Crippen molar-refractivity contribution in [2.75, 3.05) is 18.9 Å². The Hall–Kier alpha value is -2.16. The molecule has 0 fully saturated rings. The first-order valence-corrected chi connectivity index (χ1v) is 8.13. The van der Waals surface area contributed by atoms with Crippen LogP contribution in [0.4, 0.5) is 5.69 Å². The number of nitrogens with zero attached hydrogens (tertiary/aromatic N) is 1. The monoisotopic (exact) mass is 372 g/mol. The summed E-state index contributed by atoms with van der Waals surface area (Å²) in [7, 11) is 1.97. The van der Waals surface area contributed by atoms with Crippen LogP contribution in [0.1, 0.15) is 16.7 Å². The Morgan fingerprint density at radius 3 is 2.78 bits per heavy atom. The smallest absolute Gasteiger partial charge is 0.279 e. The van der Waals surface area contributed by atoms with Gasteiger partial charge >= 0.3 is 0 Å². The van der Waals surface area contributed by atoms with Crippen molar-refractivity contribution >= 4 is 27.5 Å². The second kappa shape index (κ2) is 7.91. The van der Waals surface area contributed by atoms with E-state index in [0.29, 0.717) is 18.7 Å². The Labute approximate surface area is 144 Å². The summed E-state index contributed by atoms with van der Waals surface area (Å²) in [6.45, 7) is 3.03. The van der Waals surface area contributed by atoms with Crippen molar-refractivity contribution < 1.29 is 9.69 Å². The Bertz CT molecular complexity index is 752. The number of carbonyl (C=O) groups excluding carboxylic acids is 1. The second-order valence-electron chi connectivity index (χ2n) is 5.63. The summed E-state index contributed by atoms with van der Waals surface area (Å²) in [4.78, 5) is 13.2. The van der Waals surface area contributed by atoms with Crippen molar-refractivity contribution in [3.05, 3.63) is 63.6 Å². The lowest BCUT2D eigenvalue weighted by Gasteiger charge is -2.15. The predicted molar refractivity (Wildman–Crippen MR) is 94.1 cm³/mol. The number of hydrogen-bond donors (Lipinski definition) is 2. The third kappa shape index (κ3) is 5.20. The Balaban J connectivity index is 1.93. The van der Waals surface area contributed by atoms with Gasteiger partial charge in [-0.25, -0.2) is 0 Å². The molecular weight excluding hydrogens is 354 g/mol. The number of likely N-dealkylation sites (N-methyl/N-ethyl adjacent to an activating group) is 1. The molecular formula is C18H19BrN3O+. The van der Waals surface area contributed by atoms with Gasteiger partial charge in [-0.1, -0.05) is 28.1 Å². The van der Waals surface area contributed by atoms with Crippen molar-refractivity contribution in [1.29, 1.82) is 5.26 Å². The molecule has 0 heterocycles. The molecule has 4 nitrogen and oxygen atoms in total. The van der Waals surface area contributed by atoms with E-state index in [0.717, 1.165) is 26.2 Å². The highest BCUT2D eigenvalue weighted by atomic mass is 79.9. The number of nitriles is 1. The van der Waals surface area contributed by atoms with Crippen LogP contribution in [0.25, 0.3) is 0 Å². The molecule has 5 heteroatoms. The fourth-order valence-corrected chi connectivity index (χ4v) is 2.87. The van der Waals surface area contributed by atoms with Crippen LogP contribution in [-0.2, 0) is 11.3 Å². The number of benzene rings is 2. The fourth-order valence-electron chi connectivity index (χ4n) is 2.40. The van der Waals surface area contributed by atoms with Crippen LogP contribution < -0.4 is 10.2 Å². The normalized spacial score (nSPS) is 11.6. The van der Waals surface area contributed by atoms with Crippen LogP contribution in [0.2, 0.25) is 0 Å². The molecule has 118 valence electrons. The van der Waals surface area contributed by atoms with Crippen molar-refractivity contribution in [2.24, 2.45) is 0 Å². The summed E-state index contributed by atoms with van der Waals surface area (Å²) in [5, 5.41) is 11.9. The van der Waals surface area contributed by atoms with Gasteiger partial charge in [0.2, 0.25) is 0 Å². The third-order valence-corrected chi connectivity index (χ3v) is 3.98. The van der Waals surface area contributed by atoms with Crippen LogP contribution in [0.15, 0.2) is 46.9 Å². The zero-order valence-electron chi connectivity index (χ0n) is 13.2. The van der Waals surface area contributed by atoms with Crippen LogP contribution in [0.5, 0.6) is 0 Å². The Kier molecular flexibility index (Phi) is 5.91. The van der Waals surface area contributed by atoms with Gasteiger partial charge in [0, 0.05) is 15.7 Å². The molecule has 2 aromatic carbocycles. The molecule has 23 heavy (non-hydrogen) atoms. The number of rotatable bonds is 5. The van der Waals surface area contributed by atoms with Crippen LogP contribution in [0.3, 0.4) is 0 Å². The summed E-state index contributed by atoms with van der Waals surface area (Å²) < 4.78 is 0.994. The summed E-state index contributed by atoms with van der Waals surface area (Å²) in [6, 6.07) is 15.4. The predicted octanol–water partition coefficient (Wildman–Crippen LogP) is 2.28. The van der Waals surface area contributed by atoms with E-state index < -0.39 is 0 Å². The van der Waals surface area contributed by atoms with Crippen LogP contribution in [-0.4, -0.2) is 19.5 Å². The minimum absolute atomic E-state index is 0.0237. The van der Waals surface area contributed by atoms with Gasteiger partial charge < -0.3 is 10.2 Å². The highest BCUT2D eigenvalue weighted by Crippen LogP contribution is 2.19. The standard InChI is InChI=1S/C18H18BrN3O/c1-13-8-16(19)6-7-17(13)21-18(23)12-22(2)11-15-5-3-4-14(9-15)10-20/h3-9H,11-12H2,1-2H3,(H,21,23)/p+1. The van der Waals surface area contributed by atoms with Crippen molar-refractivity contribution in [3.63, 3.8) is 0 Å². The number of halogens is 1. The number of amides is 1. The molecule has 0 radical (unpaired) electrons. The van der Waals surface area contributed by atoms with E-state index in [1.165, 1.54) is 0 Å². The maximum Gasteiger partial charge on any atom is 0.279 e. The molecule has 1 atom stereocenters. The van der Waals surface area contributed by atoms with E-state index in [-0.39, 0.29) is 5.91 Å². The van der Waals surface area contributed by atoms with E-state index in [1.54, 1.807) is 6.07 Å². The number of aryl methyl sites for hydroxylation is 1. The molecule has 1 amide bonds. The van der Waals surface area contributed by atoms with Crippen molar-refractivity contribution in [3.8, 4) is 6.07 Å². The van der Waals surface area contributed by atoms with Gasteiger partial charge in [-0.15, -0.1) is 0 Å². The number of carbonyl (C=O) groups is 1. The zero-order chi connectivity index (χ0) is 16.8. The quantitative estimate of drug-likeness (QED) is 0.845. The molecule has 0 saturated carbocycles. The van der Waals surface area contributed by atoms with Crippen molar-refractivity contribution in [2.45, 2.75) is 13.5 Å². The van der Waals surface area contributed by atoms with E-state index in [2.05, 4.69) is 27.3 Å². The molecule has 2 rings (SSSR count). The summed E-state index contributed by atoms with van der Waals surface area (Å²) in [5.41, 5.74) is 3.55. The summed E-state index contributed by atoms with van der Waals surface area (Å²) in [6.07, 6.45) is 0. The summed E-state index contributed by atoms with van der Waals surface area (Å²) in [5.74, 6) is -0.0237. The fraction of sp³-hybridized carbons (Fsp3) is 0.222. The number of nitrogens with one attached hydrogen (secondary N) is 2. The Morgan fingerprint density at radius 2 is 2.09 bits per heavy atom. The van der Waals surface area contributed by atoms with Gasteiger partial charge in [-0.2, -0.15) is 5.26 Å². The third-order valence-electron chi connectivity index (χ3n) is 3.49. The van der Waals surface area contributed by atoms with Gasteiger partial charge in [0.05, 0.1) is 18.7 Å². The molecule has 0 aliphatic rings. The van der Waals surface area contributed by atoms with E-state index in [1.807, 2.05) is 50.4 Å². The van der Waals surface area contributed by atoms with Crippen LogP contribution >= 0.6 is 15.9 Å². The number of quaternary nitrogens is 1. The highest BCUT2D eigenvalue weighted by Gasteiger charge is 2.12. The lowest BCUT2D eigenvalue weighted by atomic mass is 10.1. The average molecular weight is 373 g/mol. The molecule has 1 unspecified atom stereocenters. The lowest BCUT2D eigenvalue weighted by molar-refractivity contribution is -0.885. The minimum Gasteiger partial charge on any atom is -0.326 e. The molecule has 0 aliphatic heterocycles. The first-order valence-electron chi connectivity index (χ1n) is 7.34. The minimum atomic E-state index is -0.0237. The molecule has 0 bridgehead atoms. The van der Waals surface area contributed by atoms with E-state index in [9.17, 15) is 4.79 Å². The molecule has 0 saturated heterocycles. The maximum atomic E-state index is 12.2. The molecule has 0 spiro atoms. The van der Waals surface area contributed by atoms with Gasteiger partial charge in [0.25, 0.3) is 5.91 Å². The topological polar surface area (TPSA) is 57.3 Å². The van der Waals surface area contributed by atoms with Gasteiger partial charge in [0.1, 0.15) is 6.54 Å². The highest BCUT2D eigenvalue weighted by molar-refractivity contribution is 9.10. The Morgan fingerprint density at radius 1 is 1.30 bits per heavy atom. The molecule has 0 aromatic heterocycles. The molecule has 2 N–H and O–H groups in total. The first kappa shape index (κ1) is 17.2. The average Bonchev–Trinajstić information content (AvgIpc) is 2.50. The second-order valence-corrected chi connectivity index (χ2v) is 6.55. The largest absolute Gasteiger partial charge is 0.326 e. The van der Waals surface area contributed by atoms with Gasteiger partial charge in [-0.05, 0) is 42.8 Å². The van der Waals surface area contributed by atoms with Gasteiger partial charge in [0.15, 0.2) is 6.54 Å². The van der Waals surface area contributed by atoms with Gasteiger partial charge in [-0.3, -0.25) is 4.79 Å². The number of anilines is 1. The molecule has 2 aromatic rings. The van der Waals surface area contributed by atoms with Crippen LogP contribution in [0, 0.1) is 18.3 Å². The van der Waals surface area contributed by atoms with E-state index >= 15 is 0 Å². The summed E-state index contributed by atoms with van der Waals surface area (Å²) >= 11 is 3.41. The first-order chi connectivity index (χ1) is 11.0. The van der Waals surface area contributed by atoms with E-state index in [4.69, 9.17) is 5.26 Å². The molecule has 0 aliphatic carbocycles. The lowest BCUT2D eigenvalue weighted by Crippen LogP contribution is -3.08. The van der Waals surface area contributed by atoms with Crippen molar-refractivity contribution in [1.82, 2.24) is 0 Å². The SMILES string of the molecule is Cc1cc(Br)ccc1NC(=O)C[NH+](C)Cc1cccc(C#N)c1. The maximum absolute atomic E-state index is 12.2. The zero-order valence-corrected chi connectivity index (χ0v) is 14.8.